The number of amides is 1. The van der Waals surface area contributed by atoms with Crippen LogP contribution in [0.2, 0.25) is 0 Å². The number of hydrogen-bond donors (Lipinski definition) is 0. The second-order valence-corrected chi connectivity index (χ2v) is 7.20. The maximum atomic E-state index is 12.7. The molecule has 0 spiro atoms. The number of aromatic nitrogens is 1. The summed E-state index contributed by atoms with van der Waals surface area (Å²) >= 11 is 1.33. The zero-order valence-electron chi connectivity index (χ0n) is 15.2. The van der Waals surface area contributed by atoms with Crippen LogP contribution in [-0.2, 0) is 17.8 Å². The quantitative estimate of drug-likeness (QED) is 0.627. The van der Waals surface area contributed by atoms with Gasteiger partial charge in [0.1, 0.15) is 5.52 Å². The maximum Gasteiger partial charge on any atom is 0.257 e. The summed E-state index contributed by atoms with van der Waals surface area (Å²) in [4.78, 5) is 18.9. The molecular formula is C20H20N2O4S. The molecule has 2 aromatic carbocycles. The monoisotopic (exact) mass is 384 g/mol. The number of benzene rings is 2. The van der Waals surface area contributed by atoms with Gasteiger partial charge >= 0.3 is 0 Å². The van der Waals surface area contributed by atoms with Crippen LogP contribution in [0.3, 0.4) is 0 Å². The molecule has 140 valence electrons. The van der Waals surface area contributed by atoms with Gasteiger partial charge in [0.15, 0.2) is 17.1 Å². The molecule has 2 heterocycles. The summed E-state index contributed by atoms with van der Waals surface area (Å²) in [5, 5.41) is 0.522. The third-order valence-corrected chi connectivity index (χ3v) is 5.48. The lowest BCUT2D eigenvalue weighted by Gasteiger charge is -2.29. The van der Waals surface area contributed by atoms with Crippen molar-refractivity contribution in [1.29, 1.82) is 0 Å². The Morgan fingerprint density at radius 1 is 1.19 bits per heavy atom. The molecule has 0 fully saturated rings. The molecule has 7 heteroatoms. The molecule has 0 atom stereocenters. The average molecular weight is 384 g/mol. The molecule has 3 aromatic rings. The Hall–Kier alpha value is -2.67. The van der Waals surface area contributed by atoms with Gasteiger partial charge in [-0.1, -0.05) is 23.9 Å². The van der Waals surface area contributed by atoms with E-state index in [2.05, 4.69) is 4.98 Å². The highest BCUT2D eigenvalue weighted by atomic mass is 32.2. The van der Waals surface area contributed by atoms with Crippen molar-refractivity contribution < 1.29 is 18.7 Å². The number of thioether (sulfide) groups is 1. The first-order chi connectivity index (χ1) is 13.2. The van der Waals surface area contributed by atoms with Crippen molar-refractivity contribution >= 4 is 28.8 Å². The van der Waals surface area contributed by atoms with E-state index in [9.17, 15) is 4.79 Å². The molecule has 0 saturated heterocycles. The highest BCUT2D eigenvalue weighted by Gasteiger charge is 2.23. The summed E-state index contributed by atoms with van der Waals surface area (Å²) in [6, 6.07) is 11.6. The van der Waals surface area contributed by atoms with E-state index < -0.39 is 0 Å². The fraction of sp³-hybridized carbons (Fsp3) is 0.300. The Kier molecular flexibility index (Phi) is 4.94. The molecule has 6 nitrogen and oxygen atoms in total. The van der Waals surface area contributed by atoms with Gasteiger partial charge in [-0.2, -0.15) is 0 Å². The van der Waals surface area contributed by atoms with Crippen molar-refractivity contribution in [3.63, 3.8) is 0 Å². The fourth-order valence-electron chi connectivity index (χ4n) is 3.22. The molecule has 0 N–H and O–H groups in total. The highest BCUT2D eigenvalue weighted by molar-refractivity contribution is 7.99. The molecule has 1 aromatic heterocycles. The van der Waals surface area contributed by atoms with Crippen molar-refractivity contribution in [2.75, 3.05) is 26.5 Å². The minimum Gasteiger partial charge on any atom is -0.493 e. The molecule has 27 heavy (non-hydrogen) atoms. The lowest BCUT2D eigenvalue weighted by molar-refractivity contribution is -0.129. The van der Waals surface area contributed by atoms with Crippen LogP contribution in [-0.4, -0.2) is 42.3 Å². The average Bonchev–Trinajstić information content (AvgIpc) is 3.13. The number of carbonyl (C=O) groups excluding carboxylic acids is 1. The summed E-state index contributed by atoms with van der Waals surface area (Å²) in [5.74, 6) is 1.78. The van der Waals surface area contributed by atoms with E-state index in [1.54, 1.807) is 14.2 Å². The molecular weight excluding hydrogens is 364 g/mol. The second kappa shape index (κ2) is 7.52. The predicted octanol–water partition coefficient (Wildman–Crippen LogP) is 3.52. The lowest BCUT2D eigenvalue weighted by Crippen LogP contribution is -2.37. The van der Waals surface area contributed by atoms with E-state index in [0.717, 1.165) is 28.8 Å². The first-order valence-corrected chi connectivity index (χ1v) is 9.66. The van der Waals surface area contributed by atoms with Gasteiger partial charge in [0.2, 0.25) is 5.91 Å². The second-order valence-electron chi connectivity index (χ2n) is 6.28. The Labute approximate surface area is 161 Å². The topological polar surface area (TPSA) is 64.8 Å². The number of para-hydroxylation sites is 2. The van der Waals surface area contributed by atoms with Gasteiger partial charge in [0, 0.05) is 13.1 Å². The van der Waals surface area contributed by atoms with Crippen molar-refractivity contribution in [1.82, 2.24) is 9.88 Å². The van der Waals surface area contributed by atoms with Crippen LogP contribution in [0.4, 0.5) is 0 Å². The number of methoxy groups -OCH3 is 2. The number of carbonyl (C=O) groups is 1. The number of hydrogen-bond acceptors (Lipinski definition) is 6. The normalized spacial score (nSPS) is 13.5. The van der Waals surface area contributed by atoms with Gasteiger partial charge in [-0.15, -0.1) is 0 Å². The molecule has 0 aliphatic carbocycles. The molecule has 1 aliphatic heterocycles. The number of fused-ring (bicyclic) bond motifs is 2. The van der Waals surface area contributed by atoms with Crippen molar-refractivity contribution in [2.24, 2.45) is 0 Å². The SMILES string of the molecule is COc1cc2c(cc1OC)CN(C(=O)CSc1nc3ccccc3o1)CC2. The zero-order chi connectivity index (χ0) is 18.8. The van der Waals surface area contributed by atoms with Gasteiger partial charge in [0.25, 0.3) is 5.22 Å². The van der Waals surface area contributed by atoms with E-state index in [0.29, 0.717) is 29.8 Å². The Bertz CT molecular complexity index is 952. The van der Waals surface area contributed by atoms with Gasteiger partial charge in [-0.05, 0) is 41.8 Å². The van der Waals surface area contributed by atoms with Gasteiger partial charge in [-0.25, -0.2) is 4.98 Å². The van der Waals surface area contributed by atoms with Crippen molar-refractivity contribution in [3.8, 4) is 11.5 Å². The Balaban J connectivity index is 1.43. The Morgan fingerprint density at radius 2 is 1.93 bits per heavy atom. The maximum absolute atomic E-state index is 12.7. The molecule has 0 bridgehead atoms. The highest BCUT2D eigenvalue weighted by Crippen LogP contribution is 2.33. The fourth-order valence-corrected chi connectivity index (χ4v) is 3.96. The van der Waals surface area contributed by atoms with E-state index in [1.807, 2.05) is 41.3 Å². The standard InChI is InChI=1S/C20H20N2O4S/c1-24-17-9-13-7-8-22(11-14(13)10-18(17)25-2)19(23)12-27-20-21-15-5-3-4-6-16(15)26-20/h3-6,9-10H,7-8,11-12H2,1-2H3. The smallest absolute Gasteiger partial charge is 0.257 e. The summed E-state index contributed by atoms with van der Waals surface area (Å²) < 4.78 is 16.4. The minimum atomic E-state index is 0.0719. The zero-order valence-corrected chi connectivity index (χ0v) is 16.0. The van der Waals surface area contributed by atoms with Crippen LogP contribution in [0.5, 0.6) is 11.5 Å². The van der Waals surface area contributed by atoms with Gasteiger partial charge in [0.05, 0.1) is 20.0 Å². The Morgan fingerprint density at radius 3 is 2.67 bits per heavy atom. The number of ether oxygens (including phenoxy) is 2. The number of rotatable bonds is 5. The van der Waals surface area contributed by atoms with Gasteiger partial charge in [-0.3, -0.25) is 4.79 Å². The first-order valence-electron chi connectivity index (χ1n) is 8.68. The van der Waals surface area contributed by atoms with Crippen molar-refractivity contribution in [3.05, 3.63) is 47.5 Å². The minimum absolute atomic E-state index is 0.0719. The number of oxazole rings is 1. The van der Waals surface area contributed by atoms with E-state index in [-0.39, 0.29) is 5.91 Å². The summed E-state index contributed by atoms with van der Waals surface area (Å²) in [7, 11) is 3.25. The van der Waals surface area contributed by atoms with Crippen molar-refractivity contribution in [2.45, 2.75) is 18.2 Å². The molecule has 0 unspecified atom stereocenters. The summed E-state index contributed by atoms with van der Waals surface area (Å²) in [5.41, 5.74) is 3.84. The van der Waals surface area contributed by atoms with Crippen LogP contribution in [0.25, 0.3) is 11.1 Å². The van der Waals surface area contributed by atoms with Crippen LogP contribution < -0.4 is 9.47 Å². The molecule has 1 amide bonds. The van der Waals surface area contributed by atoms with Gasteiger partial charge < -0.3 is 18.8 Å². The van der Waals surface area contributed by atoms with E-state index >= 15 is 0 Å². The largest absolute Gasteiger partial charge is 0.493 e. The van der Waals surface area contributed by atoms with Crippen LogP contribution in [0.15, 0.2) is 46.0 Å². The molecule has 4 rings (SSSR count). The van der Waals surface area contributed by atoms with E-state index in [1.165, 1.54) is 17.3 Å². The summed E-state index contributed by atoms with van der Waals surface area (Å²) in [6.45, 7) is 1.26. The lowest BCUT2D eigenvalue weighted by atomic mass is 9.99. The third-order valence-electron chi connectivity index (χ3n) is 4.66. The molecule has 1 aliphatic rings. The first kappa shape index (κ1) is 17.7. The van der Waals surface area contributed by atoms with Crippen LogP contribution >= 0.6 is 11.8 Å². The molecule has 0 radical (unpaired) electrons. The van der Waals surface area contributed by atoms with Crippen LogP contribution in [0, 0.1) is 0 Å². The van der Waals surface area contributed by atoms with E-state index in [4.69, 9.17) is 13.9 Å². The number of nitrogens with zero attached hydrogens (tertiary/aromatic N) is 2. The summed E-state index contributed by atoms with van der Waals surface area (Å²) in [6.07, 6.45) is 0.801. The van der Waals surface area contributed by atoms with Crippen LogP contribution in [0.1, 0.15) is 11.1 Å². The molecule has 0 saturated carbocycles. The predicted molar refractivity (Wildman–Crippen MR) is 103 cm³/mol. The third kappa shape index (κ3) is 3.60.